The predicted octanol–water partition coefficient (Wildman–Crippen LogP) is 2.07. The summed E-state index contributed by atoms with van der Waals surface area (Å²) in [6.45, 7) is 5.69. The first-order chi connectivity index (χ1) is 5.61. The van der Waals surface area contributed by atoms with Crippen molar-refractivity contribution >= 4 is 11.6 Å². The van der Waals surface area contributed by atoms with Crippen LogP contribution in [0.1, 0.15) is 19.4 Å². The van der Waals surface area contributed by atoms with Gasteiger partial charge < -0.3 is 10.1 Å². The third-order valence-corrected chi connectivity index (χ3v) is 1.55. The summed E-state index contributed by atoms with van der Waals surface area (Å²) in [6, 6.07) is 1.32. The Bertz CT molecular complexity index is 306. The Morgan fingerprint density at radius 3 is 2.42 bits per heavy atom. The van der Waals surface area contributed by atoms with E-state index in [1.54, 1.807) is 6.92 Å². The Morgan fingerprint density at radius 2 is 2.00 bits per heavy atom. The number of H-pyrrole nitrogens is 1. The molecular formula is C8H12ClNO2. The minimum absolute atomic E-state index is 0.266. The van der Waals surface area contributed by atoms with Crippen molar-refractivity contribution in [2.24, 2.45) is 0 Å². The molecule has 0 aliphatic carbocycles. The van der Waals surface area contributed by atoms with Gasteiger partial charge in [-0.3, -0.25) is 4.79 Å². The molecular weight excluding hydrogens is 178 g/mol. The van der Waals surface area contributed by atoms with Crippen molar-refractivity contribution in [2.45, 2.75) is 20.8 Å². The van der Waals surface area contributed by atoms with E-state index in [4.69, 9.17) is 16.7 Å². The van der Waals surface area contributed by atoms with E-state index in [-0.39, 0.29) is 10.9 Å². The smallest absolute Gasteiger partial charge is 0.291 e. The molecule has 4 heteroatoms. The van der Waals surface area contributed by atoms with Crippen LogP contribution in [-0.2, 0) is 0 Å². The number of aromatic nitrogens is 1. The zero-order valence-corrected chi connectivity index (χ0v) is 8.07. The summed E-state index contributed by atoms with van der Waals surface area (Å²) in [4.78, 5) is 12.9. The highest BCUT2D eigenvalue weighted by molar-refractivity contribution is 6.30. The van der Waals surface area contributed by atoms with Crippen LogP contribution >= 0.6 is 11.6 Å². The average Bonchev–Trinajstić information content (AvgIpc) is 2.05. The van der Waals surface area contributed by atoms with E-state index >= 15 is 0 Å². The lowest BCUT2D eigenvalue weighted by Gasteiger charge is -1.95. The number of halogens is 1. The minimum Gasteiger partial charge on any atom is -0.503 e. The highest BCUT2D eigenvalue weighted by atomic mass is 35.5. The summed E-state index contributed by atoms with van der Waals surface area (Å²) < 4.78 is 0. The van der Waals surface area contributed by atoms with Gasteiger partial charge in [0.2, 0.25) is 0 Å². The summed E-state index contributed by atoms with van der Waals surface area (Å²) in [5, 5.41) is 9.09. The van der Waals surface area contributed by atoms with Crippen LogP contribution in [0.4, 0.5) is 0 Å². The molecule has 0 radical (unpaired) electrons. The maximum absolute atomic E-state index is 10.6. The van der Waals surface area contributed by atoms with Crippen LogP contribution in [0, 0.1) is 6.92 Å². The van der Waals surface area contributed by atoms with Crippen LogP contribution in [0.5, 0.6) is 5.75 Å². The molecule has 1 heterocycles. The Hall–Kier alpha value is -0.960. The second-order valence-electron chi connectivity index (χ2n) is 1.98. The number of aromatic hydroxyl groups is 1. The van der Waals surface area contributed by atoms with Crippen LogP contribution in [0.3, 0.4) is 0 Å². The summed E-state index contributed by atoms with van der Waals surface area (Å²) in [6.07, 6.45) is 0. The first-order valence-electron chi connectivity index (χ1n) is 3.69. The lowest BCUT2D eigenvalue weighted by atomic mass is 10.3. The molecule has 12 heavy (non-hydrogen) atoms. The van der Waals surface area contributed by atoms with Crippen molar-refractivity contribution in [3.63, 3.8) is 0 Å². The van der Waals surface area contributed by atoms with Gasteiger partial charge in [-0.05, 0) is 18.6 Å². The molecule has 68 valence electrons. The number of aryl methyl sites for hydroxylation is 1. The molecule has 0 saturated carbocycles. The maximum Gasteiger partial charge on any atom is 0.291 e. The van der Waals surface area contributed by atoms with Gasteiger partial charge in [0.05, 0.1) is 0 Å². The molecule has 0 saturated heterocycles. The van der Waals surface area contributed by atoms with E-state index in [9.17, 15) is 4.79 Å². The second-order valence-corrected chi connectivity index (χ2v) is 2.36. The highest BCUT2D eigenvalue weighted by Gasteiger charge is 1.99. The summed E-state index contributed by atoms with van der Waals surface area (Å²) in [7, 11) is 0. The predicted molar refractivity (Wildman–Crippen MR) is 49.8 cm³/mol. The molecule has 3 nitrogen and oxygen atoms in total. The zero-order chi connectivity index (χ0) is 9.72. The topological polar surface area (TPSA) is 53.1 Å². The SMILES string of the molecule is CC.Cc1cc(O)c(=O)[nH]c1Cl. The molecule has 1 aromatic heterocycles. The monoisotopic (exact) mass is 189 g/mol. The zero-order valence-electron chi connectivity index (χ0n) is 7.31. The quantitative estimate of drug-likeness (QED) is 0.614. The minimum atomic E-state index is -0.560. The van der Waals surface area contributed by atoms with Crippen molar-refractivity contribution in [3.05, 3.63) is 27.1 Å². The summed E-state index contributed by atoms with van der Waals surface area (Å²) in [5.41, 5.74) is 0.0920. The molecule has 0 atom stereocenters. The number of aromatic amines is 1. The van der Waals surface area contributed by atoms with Gasteiger partial charge in [-0.15, -0.1) is 0 Å². The summed E-state index contributed by atoms with van der Waals surface area (Å²) in [5.74, 6) is -0.304. The van der Waals surface area contributed by atoms with Gasteiger partial charge >= 0.3 is 0 Å². The third-order valence-electron chi connectivity index (χ3n) is 1.16. The van der Waals surface area contributed by atoms with Crippen molar-refractivity contribution in [3.8, 4) is 5.75 Å². The van der Waals surface area contributed by atoms with Gasteiger partial charge in [0, 0.05) is 0 Å². The molecule has 1 aromatic rings. The fourth-order valence-corrected chi connectivity index (χ4v) is 0.737. The number of hydrogen-bond acceptors (Lipinski definition) is 2. The molecule has 0 aliphatic rings. The maximum atomic E-state index is 10.6. The Morgan fingerprint density at radius 1 is 1.50 bits per heavy atom. The Labute approximate surface area is 76.0 Å². The number of rotatable bonds is 0. The number of hydrogen-bond donors (Lipinski definition) is 2. The van der Waals surface area contributed by atoms with Crippen molar-refractivity contribution in [2.75, 3.05) is 0 Å². The van der Waals surface area contributed by atoms with Gasteiger partial charge in [-0.1, -0.05) is 25.4 Å². The molecule has 0 fully saturated rings. The average molecular weight is 190 g/mol. The molecule has 1 rings (SSSR count). The molecule has 0 aliphatic heterocycles. The van der Waals surface area contributed by atoms with Gasteiger partial charge in [-0.25, -0.2) is 0 Å². The van der Waals surface area contributed by atoms with Crippen LogP contribution in [0.2, 0.25) is 5.15 Å². The van der Waals surface area contributed by atoms with Gasteiger partial charge in [-0.2, -0.15) is 0 Å². The Balaban J connectivity index is 0.000000561. The first kappa shape index (κ1) is 11.0. The number of nitrogens with one attached hydrogen (secondary N) is 1. The van der Waals surface area contributed by atoms with E-state index in [1.807, 2.05) is 13.8 Å². The van der Waals surface area contributed by atoms with Gasteiger partial charge in [0.15, 0.2) is 5.75 Å². The lowest BCUT2D eigenvalue weighted by molar-refractivity contribution is 0.466. The van der Waals surface area contributed by atoms with Crippen molar-refractivity contribution in [1.29, 1.82) is 0 Å². The lowest BCUT2D eigenvalue weighted by Crippen LogP contribution is -2.05. The molecule has 0 unspecified atom stereocenters. The van der Waals surface area contributed by atoms with E-state index in [0.717, 1.165) is 0 Å². The fourth-order valence-electron chi connectivity index (χ4n) is 0.596. The molecule has 2 N–H and O–H groups in total. The highest BCUT2D eigenvalue weighted by Crippen LogP contribution is 2.11. The standard InChI is InChI=1S/C6H6ClNO2.C2H6/c1-3-2-4(9)6(10)8-5(3)7;1-2/h2,9H,1H3,(H,8,10);1-2H3. The summed E-state index contributed by atoms with van der Waals surface area (Å²) >= 11 is 5.52. The van der Waals surface area contributed by atoms with E-state index in [0.29, 0.717) is 5.56 Å². The second kappa shape index (κ2) is 4.83. The molecule has 0 amide bonds. The molecule has 0 aromatic carbocycles. The van der Waals surface area contributed by atoms with Crippen LogP contribution in [-0.4, -0.2) is 10.1 Å². The van der Waals surface area contributed by atoms with Crippen LogP contribution in [0.15, 0.2) is 10.9 Å². The number of pyridine rings is 1. The first-order valence-corrected chi connectivity index (χ1v) is 4.07. The third kappa shape index (κ3) is 2.58. The van der Waals surface area contributed by atoms with E-state index in [2.05, 4.69) is 4.98 Å². The van der Waals surface area contributed by atoms with Crippen LogP contribution in [0.25, 0.3) is 0 Å². The van der Waals surface area contributed by atoms with Crippen molar-refractivity contribution < 1.29 is 5.11 Å². The fraction of sp³-hybridized carbons (Fsp3) is 0.375. The Kier molecular flexibility index (Phi) is 4.44. The van der Waals surface area contributed by atoms with Crippen LogP contribution < -0.4 is 5.56 Å². The van der Waals surface area contributed by atoms with E-state index in [1.165, 1.54) is 6.07 Å². The van der Waals surface area contributed by atoms with Gasteiger partial charge in [0.1, 0.15) is 5.15 Å². The van der Waals surface area contributed by atoms with Crippen molar-refractivity contribution in [1.82, 2.24) is 4.98 Å². The molecule has 0 bridgehead atoms. The normalized spacial score (nSPS) is 8.67. The van der Waals surface area contributed by atoms with E-state index < -0.39 is 5.56 Å². The molecule has 0 spiro atoms. The van der Waals surface area contributed by atoms with Gasteiger partial charge in [0.25, 0.3) is 5.56 Å². The largest absolute Gasteiger partial charge is 0.503 e.